The van der Waals surface area contributed by atoms with Crippen LogP contribution in [0.3, 0.4) is 0 Å². The molecule has 0 radical (unpaired) electrons. The van der Waals surface area contributed by atoms with E-state index in [9.17, 15) is 18.0 Å². The van der Waals surface area contributed by atoms with Gasteiger partial charge in [-0.05, 0) is 24.3 Å². The molecule has 1 amide bonds. The van der Waals surface area contributed by atoms with Crippen LogP contribution in [0.5, 0.6) is 0 Å². The van der Waals surface area contributed by atoms with E-state index < -0.39 is 23.6 Å². The lowest BCUT2D eigenvalue weighted by Crippen LogP contribution is -2.46. The number of hydrogen-bond donors (Lipinski definition) is 0. The van der Waals surface area contributed by atoms with Crippen LogP contribution in [0.2, 0.25) is 5.02 Å². The molecule has 1 aliphatic rings. The molecule has 2 aromatic carbocycles. The predicted molar refractivity (Wildman–Crippen MR) is 110 cm³/mol. The summed E-state index contributed by atoms with van der Waals surface area (Å²) >= 11 is 9.00. The summed E-state index contributed by atoms with van der Waals surface area (Å²) in [7, 11) is 0. The third-order valence-electron chi connectivity index (χ3n) is 4.96. The smallest absolute Gasteiger partial charge is 0.219 e. The number of carbonyl (C=O) groups is 1. The number of benzene rings is 2. The normalized spacial score (nSPS) is 17.0. The molecule has 0 aliphatic carbocycles. The van der Waals surface area contributed by atoms with Gasteiger partial charge in [-0.3, -0.25) is 4.79 Å². The molecular formula is C20H16BrClF3N3O2. The van der Waals surface area contributed by atoms with Crippen LogP contribution in [0.1, 0.15) is 6.92 Å². The van der Waals surface area contributed by atoms with Gasteiger partial charge >= 0.3 is 0 Å². The molecule has 5 nitrogen and oxygen atoms in total. The molecule has 30 heavy (non-hydrogen) atoms. The molecule has 1 aliphatic heterocycles. The molecule has 4 rings (SSSR count). The van der Waals surface area contributed by atoms with Crippen LogP contribution < -0.4 is 0 Å². The number of hydrogen-bond acceptors (Lipinski definition) is 3. The lowest BCUT2D eigenvalue weighted by atomic mass is 10.1. The maximum Gasteiger partial charge on any atom is 0.219 e. The lowest BCUT2D eigenvalue weighted by molar-refractivity contribution is -0.136. The molecule has 1 aromatic heterocycles. The molecule has 2 heterocycles. The minimum atomic E-state index is -0.847. The molecule has 10 heteroatoms. The zero-order chi connectivity index (χ0) is 21.6. The fourth-order valence-corrected chi connectivity index (χ4v) is 4.23. The number of ether oxygens (including phenoxy) is 1. The SMILES string of the molecule is CC(=O)N1CCOC(Cn2c(-c3c(F)cc(Br)cc3F)nc3cc(Cl)cc(F)c32)C1. The van der Waals surface area contributed by atoms with Gasteiger partial charge in [-0.1, -0.05) is 27.5 Å². The van der Waals surface area contributed by atoms with E-state index in [1.807, 2.05) is 0 Å². The fourth-order valence-electron chi connectivity index (χ4n) is 3.63. The Bertz CT molecular complexity index is 1130. The van der Waals surface area contributed by atoms with Crippen LogP contribution in [-0.4, -0.2) is 46.2 Å². The first-order chi connectivity index (χ1) is 14.2. The third-order valence-corrected chi connectivity index (χ3v) is 5.64. The first kappa shape index (κ1) is 21.1. The van der Waals surface area contributed by atoms with Crippen LogP contribution in [0.15, 0.2) is 28.7 Å². The van der Waals surface area contributed by atoms with Gasteiger partial charge in [0.25, 0.3) is 0 Å². The van der Waals surface area contributed by atoms with Gasteiger partial charge in [-0.2, -0.15) is 0 Å². The molecule has 0 saturated carbocycles. The number of amides is 1. The van der Waals surface area contributed by atoms with E-state index in [1.165, 1.54) is 17.6 Å². The number of carbonyl (C=O) groups excluding carboxylic acids is 1. The Morgan fingerprint density at radius 3 is 2.60 bits per heavy atom. The second-order valence-corrected chi connectivity index (χ2v) is 8.36. The number of imidazole rings is 1. The molecule has 0 spiro atoms. The summed E-state index contributed by atoms with van der Waals surface area (Å²) in [5.41, 5.74) is -0.167. The zero-order valence-electron chi connectivity index (χ0n) is 15.8. The van der Waals surface area contributed by atoms with Crippen LogP contribution in [0.25, 0.3) is 22.4 Å². The highest BCUT2D eigenvalue weighted by Gasteiger charge is 2.27. The molecule has 158 valence electrons. The Morgan fingerprint density at radius 1 is 1.23 bits per heavy atom. The van der Waals surface area contributed by atoms with Crippen LogP contribution in [0, 0.1) is 17.5 Å². The van der Waals surface area contributed by atoms with E-state index in [0.29, 0.717) is 13.2 Å². The molecule has 1 atom stereocenters. The van der Waals surface area contributed by atoms with Gasteiger partial charge in [0.1, 0.15) is 23.0 Å². The van der Waals surface area contributed by atoms with Crippen LogP contribution in [-0.2, 0) is 16.1 Å². The molecule has 1 unspecified atom stereocenters. The second-order valence-electron chi connectivity index (χ2n) is 7.00. The second kappa shape index (κ2) is 8.20. The van der Waals surface area contributed by atoms with Gasteiger partial charge < -0.3 is 14.2 Å². The van der Waals surface area contributed by atoms with Crippen molar-refractivity contribution < 1.29 is 22.7 Å². The van der Waals surface area contributed by atoms with Crippen molar-refractivity contribution in [1.29, 1.82) is 0 Å². The first-order valence-corrected chi connectivity index (χ1v) is 10.3. The standard InChI is InChI=1S/C20H16BrClF3N3O2/c1-10(29)27-2-3-30-13(8-27)9-28-19-16(25)6-12(22)7-17(19)26-20(28)18-14(23)4-11(21)5-15(18)24/h4-7,13H,2-3,8-9H2,1H3. The molecular weight excluding hydrogens is 487 g/mol. The number of fused-ring (bicyclic) bond motifs is 1. The van der Waals surface area contributed by atoms with E-state index in [0.717, 1.165) is 18.2 Å². The van der Waals surface area contributed by atoms with Crippen molar-refractivity contribution in [2.75, 3.05) is 19.7 Å². The number of aromatic nitrogens is 2. The molecule has 0 N–H and O–H groups in total. The summed E-state index contributed by atoms with van der Waals surface area (Å²) in [5.74, 6) is -2.56. The van der Waals surface area contributed by atoms with Gasteiger partial charge in [-0.25, -0.2) is 18.2 Å². The summed E-state index contributed by atoms with van der Waals surface area (Å²) in [6.45, 7) is 2.53. The largest absolute Gasteiger partial charge is 0.373 e. The maximum absolute atomic E-state index is 14.8. The summed E-state index contributed by atoms with van der Waals surface area (Å²) < 4.78 is 51.6. The quantitative estimate of drug-likeness (QED) is 0.518. The van der Waals surface area contributed by atoms with Crippen molar-refractivity contribution >= 4 is 44.5 Å². The average molecular weight is 503 g/mol. The lowest BCUT2D eigenvalue weighted by Gasteiger charge is -2.32. The maximum atomic E-state index is 14.8. The number of nitrogens with zero attached hydrogens (tertiary/aromatic N) is 3. The Balaban J connectivity index is 1.87. The van der Waals surface area contributed by atoms with Gasteiger partial charge in [0.15, 0.2) is 5.82 Å². The van der Waals surface area contributed by atoms with Gasteiger partial charge in [0.2, 0.25) is 5.91 Å². The molecule has 1 fully saturated rings. The summed E-state index contributed by atoms with van der Waals surface area (Å²) in [6, 6.07) is 4.77. The van der Waals surface area contributed by atoms with Crippen molar-refractivity contribution in [3.8, 4) is 11.4 Å². The average Bonchev–Trinajstić information content (AvgIpc) is 2.99. The van der Waals surface area contributed by atoms with E-state index in [-0.39, 0.29) is 50.9 Å². The molecule has 1 saturated heterocycles. The van der Waals surface area contributed by atoms with E-state index in [2.05, 4.69) is 20.9 Å². The van der Waals surface area contributed by atoms with Crippen LogP contribution >= 0.6 is 27.5 Å². The van der Waals surface area contributed by atoms with E-state index in [4.69, 9.17) is 16.3 Å². The Hall–Kier alpha value is -2.10. The van der Waals surface area contributed by atoms with Crippen molar-refractivity contribution in [3.05, 3.63) is 51.2 Å². The number of halogens is 5. The van der Waals surface area contributed by atoms with Crippen LogP contribution in [0.4, 0.5) is 13.2 Å². The number of morpholine rings is 1. The summed E-state index contributed by atoms with van der Waals surface area (Å²) in [4.78, 5) is 17.6. The highest BCUT2D eigenvalue weighted by atomic mass is 79.9. The minimum absolute atomic E-state index is 0.0448. The number of rotatable bonds is 3. The monoisotopic (exact) mass is 501 g/mol. The Morgan fingerprint density at radius 2 is 1.93 bits per heavy atom. The Kier molecular flexibility index (Phi) is 5.78. The van der Waals surface area contributed by atoms with Crippen molar-refractivity contribution in [2.24, 2.45) is 0 Å². The van der Waals surface area contributed by atoms with Gasteiger partial charge in [0.05, 0.1) is 30.3 Å². The van der Waals surface area contributed by atoms with Gasteiger partial charge in [0, 0.05) is 29.5 Å². The molecule has 0 bridgehead atoms. The predicted octanol–water partition coefficient (Wildman–Crippen LogP) is 4.78. The Labute approximate surface area is 183 Å². The van der Waals surface area contributed by atoms with E-state index >= 15 is 0 Å². The van der Waals surface area contributed by atoms with Crippen molar-refractivity contribution in [1.82, 2.24) is 14.5 Å². The minimum Gasteiger partial charge on any atom is -0.373 e. The molecule has 3 aromatic rings. The fraction of sp³-hybridized carbons (Fsp3) is 0.300. The van der Waals surface area contributed by atoms with E-state index in [1.54, 1.807) is 4.90 Å². The topological polar surface area (TPSA) is 47.4 Å². The van der Waals surface area contributed by atoms with Crippen molar-refractivity contribution in [3.63, 3.8) is 0 Å². The highest BCUT2D eigenvalue weighted by molar-refractivity contribution is 9.10. The first-order valence-electron chi connectivity index (χ1n) is 9.12. The third kappa shape index (κ3) is 3.93. The summed E-state index contributed by atoms with van der Waals surface area (Å²) in [6.07, 6.45) is -0.504. The summed E-state index contributed by atoms with van der Waals surface area (Å²) in [5, 5.41) is 0.115. The zero-order valence-corrected chi connectivity index (χ0v) is 18.1. The van der Waals surface area contributed by atoms with Gasteiger partial charge in [-0.15, -0.1) is 0 Å². The van der Waals surface area contributed by atoms with Crippen molar-refractivity contribution in [2.45, 2.75) is 19.6 Å². The highest BCUT2D eigenvalue weighted by Crippen LogP contribution is 2.33.